The number of nitrogens with zero attached hydrogens (tertiary/aromatic N) is 1. The molecule has 0 heterocycles. The molecule has 1 aliphatic carbocycles. The molecule has 96 valence electrons. The van der Waals surface area contributed by atoms with Crippen LogP contribution in [0.15, 0.2) is 12.7 Å². The highest BCUT2D eigenvalue weighted by Crippen LogP contribution is 2.30. The van der Waals surface area contributed by atoms with Crippen molar-refractivity contribution in [3.63, 3.8) is 0 Å². The summed E-state index contributed by atoms with van der Waals surface area (Å²) in [6.07, 6.45) is 2.46. The van der Waals surface area contributed by atoms with E-state index in [2.05, 4.69) is 6.58 Å². The number of carbonyl (C=O) groups is 2. The average molecular weight is 241 g/mol. The topological polar surface area (TPSA) is 55.8 Å². The lowest BCUT2D eigenvalue weighted by molar-refractivity contribution is -0.184. The van der Waals surface area contributed by atoms with Gasteiger partial charge in [0.2, 0.25) is 0 Å². The summed E-state index contributed by atoms with van der Waals surface area (Å²) in [6.45, 7) is 8.87. The third-order valence-corrected chi connectivity index (χ3v) is 2.00. The largest absolute Gasteiger partial charge is 0.444 e. The smallest absolute Gasteiger partial charge is 0.442 e. The Morgan fingerprint density at radius 3 is 2.41 bits per heavy atom. The molecule has 17 heavy (non-hydrogen) atoms. The minimum absolute atomic E-state index is 0.0650. The number of amides is 1. The van der Waals surface area contributed by atoms with E-state index >= 15 is 0 Å². The van der Waals surface area contributed by atoms with Crippen LogP contribution >= 0.6 is 0 Å². The molecule has 1 amide bonds. The third-order valence-electron chi connectivity index (χ3n) is 2.00. The van der Waals surface area contributed by atoms with Gasteiger partial charge in [0.25, 0.3) is 0 Å². The molecule has 5 heteroatoms. The van der Waals surface area contributed by atoms with Crippen LogP contribution in [0.25, 0.3) is 0 Å². The monoisotopic (exact) mass is 241 g/mol. The molecule has 0 aromatic heterocycles. The van der Waals surface area contributed by atoms with Crippen molar-refractivity contribution in [2.24, 2.45) is 5.92 Å². The Labute approximate surface area is 101 Å². The third kappa shape index (κ3) is 4.89. The summed E-state index contributed by atoms with van der Waals surface area (Å²) < 4.78 is 5.12. The summed E-state index contributed by atoms with van der Waals surface area (Å²) in [5.41, 5.74) is -0.623. The molecule has 0 spiro atoms. The minimum Gasteiger partial charge on any atom is -0.442 e. The van der Waals surface area contributed by atoms with Crippen LogP contribution in [0.3, 0.4) is 0 Å². The zero-order chi connectivity index (χ0) is 13.1. The molecular weight excluding hydrogens is 222 g/mol. The number of hydrogen-bond donors (Lipinski definition) is 0. The minimum atomic E-state index is -0.675. The van der Waals surface area contributed by atoms with Gasteiger partial charge in [0, 0.05) is 0 Å². The van der Waals surface area contributed by atoms with Crippen molar-refractivity contribution in [3.05, 3.63) is 12.7 Å². The summed E-state index contributed by atoms with van der Waals surface area (Å²) in [5.74, 6) is -0.442. The van der Waals surface area contributed by atoms with Gasteiger partial charge in [-0.3, -0.25) is 0 Å². The molecule has 0 aliphatic heterocycles. The second-order valence-electron chi connectivity index (χ2n) is 5.01. The molecule has 0 saturated heterocycles. The SMILES string of the molecule is C=CCN(OC(=O)C1CC1)C(=O)OC(C)(C)C. The van der Waals surface area contributed by atoms with Crippen molar-refractivity contribution in [2.45, 2.75) is 39.2 Å². The predicted molar refractivity (Wildman–Crippen MR) is 62.0 cm³/mol. The van der Waals surface area contributed by atoms with Crippen LogP contribution in [0, 0.1) is 5.92 Å². The van der Waals surface area contributed by atoms with E-state index in [-0.39, 0.29) is 18.4 Å². The second kappa shape index (κ2) is 5.21. The summed E-state index contributed by atoms with van der Waals surface area (Å²) in [7, 11) is 0. The van der Waals surface area contributed by atoms with E-state index in [4.69, 9.17) is 9.57 Å². The Balaban J connectivity index is 2.54. The number of ether oxygens (including phenoxy) is 1. The average Bonchev–Trinajstić information content (AvgIpc) is 2.97. The molecule has 0 radical (unpaired) electrons. The molecule has 1 fully saturated rings. The standard InChI is InChI=1S/C12H19NO4/c1-5-8-13(11(15)16-12(2,3)4)17-10(14)9-6-7-9/h5,9H,1,6-8H2,2-4H3. The van der Waals surface area contributed by atoms with Crippen LogP contribution in [0.2, 0.25) is 0 Å². The van der Waals surface area contributed by atoms with Crippen molar-refractivity contribution < 1.29 is 19.2 Å². The molecule has 5 nitrogen and oxygen atoms in total. The maximum Gasteiger partial charge on any atom is 0.444 e. The molecule has 0 aromatic carbocycles. The van der Waals surface area contributed by atoms with Gasteiger partial charge in [0.1, 0.15) is 5.60 Å². The van der Waals surface area contributed by atoms with Crippen molar-refractivity contribution in [1.29, 1.82) is 0 Å². The summed E-state index contributed by atoms with van der Waals surface area (Å²) >= 11 is 0. The van der Waals surface area contributed by atoms with E-state index in [0.717, 1.165) is 17.9 Å². The highest BCUT2D eigenvalue weighted by molar-refractivity contribution is 5.77. The highest BCUT2D eigenvalue weighted by Gasteiger charge is 2.34. The molecule has 1 aliphatic rings. The van der Waals surface area contributed by atoms with Gasteiger partial charge in [0.15, 0.2) is 0 Å². The van der Waals surface area contributed by atoms with Crippen LogP contribution in [0.1, 0.15) is 33.6 Å². The first-order valence-corrected chi connectivity index (χ1v) is 5.66. The lowest BCUT2D eigenvalue weighted by atomic mass is 10.2. The van der Waals surface area contributed by atoms with Crippen LogP contribution in [-0.4, -0.2) is 29.3 Å². The Kier molecular flexibility index (Phi) is 4.15. The van der Waals surface area contributed by atoms with Crippen molar-refractivity contribution >= 4 is 12.1 Å². The van der Waals surface area contributed by atoms with Gasteiger partial charge in [-0.1, -0.05) is 6.08 Å². The molecule has 0 unspecified atom stereocenters. The van der Waals surface area contributed by atoms with Gasteiger partial charge in [-0.15, -0.1) is 11.6 Å². The first kappa shape index (κ1) is 13.5. The van der Waals surface area contributed by atoms with Crippen LogP contribution < -0.4 is 0 Å². The fourth-order valence-electron chi connectivity index (χ4n) is 1.08. The van der Waals surface area contributed by atoms with E-state index < -0.39 is 11.7 Å². The van der Waals surface area contributed by atoms with Gasteiger partial charge in [-0.05, 0) is 33.6 Å². The zero-order valence-electron chi connectivity index (χ0n) is 10.6. The van der Waals surface area contributed by atoms with Crippen LogP contribution in [-0.2, 0) is 14.4 Å². The zero-order valence-corrected chi connectivity index (χ0v) is 10.6. The number of hydrogen-bond acceptors (Lipinski definition) is 4. The van der Waals surface area contributed by atoms with E-state index in [9.17, 15) is 9.59 Å². The van der Waals surface area contributed by atoms with Crippen molar-refractivity contribution in [3.8, 4) is 0 Å². The van der Waals surface area contributed by atoms with E-state index in [1.54, 1.807) is 20.8 Å². The van der Waals surface area contributed by atoms with Gasteiger partial charge in [-0.25, -0.2) is 9.59 Å². The van der Waals surface area contributed by atoms with E-state index in [1.165, 1.54) is 6.08 Å². The Morgan fingerprint density at radius 2 is 2.00 bits per heavy atom. The van der Waals surface area contributed by atoms with E-state index in [0.29, 0.717) is 0 Å². The quantitative estimate of drug-likeness (QED) is 0.562. The number of rotatable bonds is 3. The first-order chi connectivity index (χ1) is 7.83. The van der Waals surface area contributed by atoms with Gasteiger partial charge >= 0.3 is 12.1 Å². The molecule has 1 saturated carbocycles. The maximum absolute atomic E-state index is 11.7. The summed E-state index contributed by atoms with van der Waals surface area (Å²) in [6, 6.07) is 0. The lowest BCUT2D eigenvalue weighted by Crippen LogP contribution is -2.38. The fraction of sp³-hybridized carbons (Fsp3) is 0.667. The molecular formula is C12H19NO4. The second-order valence-corrected chi connectivity index (χ2v) is 5.01. The lowest BCUT2D eigenvalue weighted by Gasteiger charge is -2.25. The molecule has 0 aromatic rings. The van der Waals surface area contributed by atoms with Crippen molar-refractivity contribution in [2.75, 3.05) is 6.54 Å². The van der Waals surface area contributed by atoms with Crippen LogP contribution in [0.4, 0.5) is 4.79 Å². The van der Waals surface area contributed by atoms with Crippen molar-refractivity contribution in [1.82, 2.24) is 5.06 Å². The molecule has 1 rings (SSSR count). The molecule has 0 N–H and O–H groups in total. The number of carbonyl (C=O) groups excluding carboxylic acids is 2. The van der Waals surface area contributed by atoms with E-state index in [1.807, 2.05) is 0 Å². The first-order valence-electron chi connectivity index (χ1n) is 5.66. The highest BCUT2D eigenvalue weighted by atomic mass is 16.8. The predicted octanol–water partition coefficient (Wildman–Crippen LogP) is 2.28. The summed E-state index contributed by atoms with van der Waals surface area (Å²) in [5, 5.41) is 0.902. The van der Waals surface area contributed by atoms with Gasteiger partial charge in [-0.2, -0.15) is 0 Å². The summed E-state index contributed by atoms with van der Waals surface area (Å²) in [4.78, 5) is 28.1. The van der Waals surface area contributed by atoms with Gasteiger partial charge < -0.3 is 9.57 Å². The Bertz CT molecular complexity index is 315. The van der Waals surface area contributed by atoms with Gasteiger partial charge in [0.05, 0.1) is 12.5 Å². The number of hydroxylamine groups is 2. The Morgan fingerprint density at radius 1 is 1.41 bits per heavy atom. The molecule has 0 bridgehead atoms. The Hall–Kier alpha value is -1.52. The fourth-order valence-corrected chi connectivity index (χ4v) is 1.08. The maximum atomic E-state index is 11.7. The molecule has 0 atom stereocenters. The van der Waals surface area contributed by atoms with Crippen LogP contribution in [0.5, 0.6) is 0 Å². The normalized spacial score (nSPS) is 15.0.